The van der Waals surface area contributed by atoms with E-state index in [4.69, 9.17) is 0 Å². The highest BCUT2D eigenvalue weighted by Crippen LogP contribution is 2.29. The Morgan fingerprint density at radius 2 is 1.67 bits per heavy atom. The van der Waals surface area contributed by atoms with Gasteiger partial charge in [0.05, 0.1) is 0 Å². The summed E-state index contributed by atoms with van der Waals surface area (Å²) in [5.41, 5.74) is 3.56. The lowest BCUT2D eigenvalue weighted by molar-refractivity contribution is 0.219. The van der Waals surface area contributed by atoms with Gasteiger partial charge >= 0.3 is 0 Å². The van der Waals surface area contributed by atoms with Crippen molar-refractivity contribution in [3.8, 4) is 0 Å². The Balaban J connectivity index is 2.30. The topological polar surface area (TPSA) is 20.2 Å². The Hall–Kier alpha value is -1.67. The Morgan fingerprint density at radius 1 is 1.05 bits per heavy atom. The van der Waals surface area contributed by atoms with Crippen molar-refractivity contribution < 1.29 is 9.50 Å². The van der Waals surface area contributed by atoms with E-state index in [0.29, 0.717) is 5.56 Å². The molecule has 0 bridgehead atoms. The summed E-state index contributed by atoms with van der Waals surface area (Å²) in [6, 6.07) is 12.6. The number of hydrogen-bond acceptors (Lipinski definition) is 1. The Bertz CT molecular complexity index is 594. The third-order valence-electron chi connectivity index (χ3n) is 4.27. The first-order valence-electron chi connectivity index (χ1n) is 7.39. The van der Waals surface area contributed by atoms with Crippen LogP contribution in [0.15, 0.2) is 42.5 Å². The van der Waals surface area contributed by atoms with Gasteiger partial charge in [0.25, 0.3) is 0 Å². The normalized spacial score (nSPS) is 13.2. The zero-order valence-corrected chi connectivity index (χ0v) is 13.2. The van der Waals surface area contributed by atoms with Crippen LogP contribution in [0.3, 0.4) is 0 Å². The number of aliphatic hydroxyl groups is 1. The second-order valence-electron chi connectivity index (χ2n) is 6.32. The van der Waals surface area contributed by atoms with E-state index in [2.05, 4.69) is 20.8 Å². The molecule has 2 aromatic carbocycles. The fourth-order valence-electron chi connectivity index (χ4n) is 2.44. The quantitative estimate of drug-likeness (QED) is 0.847. The second kappa shape index (κ2) is 5.98. The molecule has 0 heterocycles. The summed E-state index contributed by atoms with van der Waals surface area (Å²) in [5.74, 6) is -0.312. The number of halogens is 1. The molecule has 1 atom stereocenters. The highest BCUT2D eigenvalue weighted by Gasteiger charge is 2.19. The maximum Gasteiger partial charge on any atom is 0.123 e. The van der Waals surface area contributed by atoms with Crippen molar-refractivity contribution in [2.45, 2.75) is 45.6 Å². The van der Waals surface area contributed by atoms with Crippen LogP contribution in [0, 0.1) is 12.7 Å². The van der Waals surface area contributed by atoms with Crippen LogP contribution in [0.2, 0.25) is 0 Å². The first-order valence-corrected chi connectivity index (χ1v) is 7.39. The molecular weight excluding hydrogens is 263 g/mol. The van der Waals surface area contributed by atoms with Crippen molar-refractivity contribution in [3.05, 3.63) is 70.5 Å². The van der Waals surface area contributed by atoms with Gasteiger partial charge in [-0.05, 0) is 53.1 Å². The fourth-order valence-corrected chi connectivity index (χ4v) is 2.44. The van der Waals surface area contributed by atoms with Crippen LogP contribution in [0.4, 0.5) is 4.39 Å². The standard InChI is InChI=1S/C19H23FO/c1-5-19(3,4)16-8-6-14(7-9-16)18(21)15-10-13(2)11-17(20)12-15/h6-12,18,21H,5H2,1-4H3. The van der Waals surface area contributed by atoms with Crippen LogP contribution >= 0.6 is 0 Å². The van der Waals surface area contributed by atoms with Crippen LogP contribution < -0.4 is 0 Å². The second-order valence-corrected chi connectivity index (χ2v) is 6.32. The van der Waals surface area contributed by atoms with E-state index in [1.54, 1.807) is 0 Å². The van der Waals surface area contributed by atoms with Crippen LogP contribution in [0.1, 0.15) is 55.5 Å². The first kappa shape index (κ1) is 15.7. The molecular formula is C19H23FO. The van der Waals surface area contributed by atoms with Gasteiger partial charge < -0.3 is 5.11 Å². The molecule has 0 aliphatic heterocycles. The van der Waals surface area contributed by atoms with Gasteiger partial charge in [0.15, 0.2) is 0 Å². The average Bonchev–Trinajstić information content (AvgIpc) is 2.45. The molecule has 0 fully saturated rings. The fraction of sp³-hybridized carbons (Fsp3) is 0.368. The van der Waals surface area contributed by atoms with Crippen molar-refractivity contribution >= 4 is 0 Å². The molecule has 112 valence electrons. The van der Waals surface area contributed by atoms with Gasteiger partial charge in [0, 0.05) is 0 Å². The zero-order valence-electron chi connectivity index (χ0n) is 13.2. The van der Waals surface area contributed by atoms with Gasteiger partial charge in [0.1, 0.15) is 11.9 Å². The van der Waals surface area contributed by atoms with Crippen molar-refractivity contribution in [1.29, 1.82) is 0 Å². The van der Waals surface area contributed by atoms with Crippen molar-refractivity contribution in [2.24, 2.45) is 0 Å². The summed E-state index contributed by atoms with van der Waals surface area (Å²) >= 11 is 0. The zero-order chi connectivity index (χ0) is 15.6. The van der Waals surface area contributed by atoms with Crippen LogP contribution in [-0.2, 0) is 5.41 Å². The highest BCUT2D eigenvalue weighted by atomic mass is 19.1. The number of hydrogen-bond donors (Lipinski definition) is 1. The summed E-state index contributed by atoms with van der Waals surface area (Å²) in [5, 5.41) is 10.4. The van der Waals surface area contributed by atoms with Crippen LogP contribution in [-0.4, -0.2) is 5.11 Å². The SMILES string of the molecule is CCC(C)(C)c1ccc(C(O)c2cc(C)cc(F)c2)cc1. The molecule has 1 unspecified atom stereocenters. The highest BCUT2D eigenvalue weighted by molar-refractivity contribution is 5.35. The molecule has 1 nitrogen and oxygen atoms in total. The third-order valence-corrected chi connectivity index (χ3v) is 4.27. The molecule has 0 amide bonds. The minimum Gasteiger partial charge on any atom is -0.384 e. The Labute approximate surface area is 126 Å². The van der Waals surface area contributed by atoms with Gasteiger partial charge in [-0.1, -0.05) is 51.1 Å². The largest absolute Gasteiger partial charge is 0.384 e. The van der Waals surface area contributed by atoms with Gasteiger partial charge in [-0.15, -0.1) is 0 Å². The summed E-state index contributed by atoms with van der Waals surface area (Å²) in [4.78, 5) is 0. The van der Waals surface area contributed by atoms with E-state index in [9.17, 15) is 9.50 Å². The van der Waals surface area contributed by atoms with Crippen LogP contribution in [0.25, 0.3) is 0 Å². The minimum absolute atomic E-state index is 0.124. The maximum atomic E-state index is 13.5. The number of benzene rings is 2. The molecule has 21 heavy (non-hydrogen) atoms. The van der Waals surface area contributed by atoms with E-state index in [1.807, 2.05) is 37.3 Å². The molecule has 0 saturated carbocycles. The Kier molecular flexibility index (Phi) is 4.48. The smallest absolute Gasteiger partial charge is 0.123 e. The van der Waals surface area contributed by atoms with Crippen molar-refractivity contribution in [3.63, 3.8) is 0 Å². The monoisotopic (exact) mass is 286 g/mol. The van der Waals surface area contributed by atoms with Gasteiger partial charge in [-0.3, -0.25) is 0 Å². The lowest BCUT2D eigenvalue weighted by Crippen LogP contribution is -2.15. The predicted molar refractivity (Wildman–Crippen MR) is 85.0 cm³/mol. The maximum absolute atomic E-state index is 13.5. The Morgan fingerprint density at radius 3 is 2.19 bits per heavy atom. The molecule has 0 radical (unpaired) electrons. The molecule has 1 N–H and O–H groups in total. The molecule has 0 spiro atoms. The van der Waals surface area contributed by atoms with Crippen molar-refractivity contribution in [1.82, 2.24) is 0 Å². The third kappa shape index (κ3) is 3.51. The number of aliphatic hydroxyl groups excluding tert-OH is 1. The number of rotatable bonds is 4. The summed E-state index contributed by atoms with van der Waals surface area (Å²) in [6.45, 7) is 8.40. The van der Waals surface area contributed by atoms with E-state index >= 15 is 0 Å². The minimum atomic E-state index is -0.793. The van der Waals surface area contributed by atoms with E-state index in [1.165, 1.54) is 17.7 Å². The molecule has 0 saturated heterocycles. The number of aryl methyl sites for hydroxylation is 1. The first-order chi connectivity index (χ1) is 9.83. The van der Waals surface area contributed by atoms with E-state index < -0.39 is 6.10 Å². The summed E-state index contributed by atoms with van der Waals surface area (Å²) in [6.07, 6.45) is 0.260. The van der Waals surface area contributed by atoms with Gasteiger partial charge in [-0.25, -0.2) is 4.39 Å². The van der Waals surface area contributed by atoms with E-state index in [0.717, 1.165) is 17.5 Å². The molecule has 0 aliphatic rings. The molecule has 2 heteroatoms. The summed E-state index contributed by atoms with van der Waals surface area (Å²) < 4.78 is 13.5. The molecule has 2 rings (SSSR count). The predicted octanol–water partition coefficient (Wildman–Crippen LogP) is 4.90. The summed E-state index contributed by atoms with van der Waals surface area (Å²) in [7, 11) is 0. The average molecular weight is 286 g/mol. The molecule has 0 aromatic heterocycles. The lowest BCUT2D eigenvalue weighted by Gasteiger charge is -2.24. The van der Waals surface area contributed by atoms with Crippen molar-refractivity contribution in [2.75, 3.05) is 0 Å². The van der Waals surface area contributed by atoms with Gasteiger partial charge in [-0.2, -0.15) is 0 Å². The van der Waals surface area contributed by atoms with E-state index in [-0.39, 0.29) is 11.2 Å². The van der Waals surface area contributed by atoms with Crippen LogP contribution in [0.5, 0.6) is 0 Å². The molecule has 2 aromatic rings. The van der Waals surface area contributed by atoms with Gasteiger partial charge in [0.2, 0.25) is 0 Å². The molecule has 0 aliphatic carbocycles. The lowest BCUT2D eigenvalue weighted by atomic mass is 9.81.